The van der Waals surface area contributed by atoms with E-state index in [1.165, 1.54) is 5.56 Å². The van der Waals surface area contributed by atoms with Crippen molar-refractivity contribution in [2.24, 2.45) is 0 Å². The first-order valence-electron chi connectivity index (χ1n) is 7.15. The van der Waals surface area contributed by atoms with Crippen LogP contribution in [0.1, 0.15) is 28.4 Å². The maximum Gasteiger partial charge on any atom is 0.259 e. The highest BCUT2D eigenvalue weighted by Gasteiger charge is 2.29. The molecule has 4 heteroatoms. The molecule has 0 fully saturated rings. The first kappa shape index (κ1) is 13.8. The normalized spacial score (nSPS) is 17.7. The Bertz CT molecular complexity index is 639. The van der Waals surface area contributed by atoms with Crippen LogP contribution in [-0.4, -0.2) is 36.4 Å². The number of hydrogen-bond acceptors (Lipinski definition) is 3. The molecule has 21 heavy (non-hydrogen) atoms. The molecule has 1 atom stereocenters. The summed E-state index contributed by atoms with van der Waals surface area (Å²) in [5.41, 5.74) is 2.86. The Labute approximate surface area is 125 Å². The summed E-state index contributed by atoms with van der Waals surface area (Å²) in [6.07, 6.45) is 4.25. The van der Waals surface area contributed by atoms with Gasteiger partial charge in [-0.3, -0.25) is 9.78 Å². The maximum absolute atomic E-state index is 12.7. The molecule has 1 unspecified atom stereocenters. The number of carbonyl (C=O) groups excluding carboxylic acids is 1. The number of nitrogens with zero attached hydrogens (tertiary/aromatic N) is 3. The summed E-state index contributed by atoms with van der Waals surface area (Å²) in [6.45, 7) is 0.730. The molecule has 0 spiro atoms. The molecule has 1 aromatic heterocycles. The standard InChI is InChI=1S/C17H19N3O/c1-19(2)15-9-11-20(16-8-4-3-7-14(15)16)17(21)13-6-5-10-18-12-13/h3-8,10,12,15H,9,11H2,1-2H3. The summed E-state index contributed by atoms with van der Waals surface area (Å²) < 4.78 is 0. The Morgan fingerprint density at radius 2 is 2.05 bits per heavy atom. The van der Waals surface area contributed by atoms with Gasteiger partial charge in [-0.15, -0.1) is 0 Å². The van der Waals surface area contributed by atoms with Crippen LogP contribution in [0.2, 0.25) is 0 Å². The van der Waals surface area contributed by atoms with Crippen molar-refractivity contribution in [3.8, 4) is 0 Å². The van der Waals surface area contributed by atoms with Crippen molar-refractivity contribution in [3.05, 3.63) is 59.9 Å². The molecule has 1 amide bonds. The van der Waals surface area contributed by atoms with Crippen molar-refractivity contribution in [2.45, 2.75) is 12.5 Å². The van der Waals surface area contributed by atoms with E-state index in [1.54, 1.807) is 18.5 Å². The lowest BCUT2D eigenvalue weighted by Crippen LogP contribution is -2.39. The van der Waals surface area contributed by atoms with Crippen molar-refractivity contribution in [2.75, 3.05) is 25.5 Å². The molecule has 108 valence electrons. The highest BCUT2D eigenvalue weighted by atomic mass is 16.2. The van der Waals surface area contributed by atoms with Crippen LogP contribution in [0.25, 0.3) is 0 Å². The van der Waals surface area contributed by atoms with Gasteiger partial charge in [-0.05, 0) is 44.3 Å². The largest absolute Gasteiger partial charge is 0.308 e. The van der Waals surface area contributed by atoms with E-state index in [4.69, 9.17) is 0 Å². The number of aromatic nitrogens is 1. The molecule has 2 heterocycles. The molecule has 0 saturated carbocycles. The van der Waals surface area contributed by atoms with Gasteiger partial charge in [-0.2, -0.15) is 0 Å². The van der Waals surface area contributed by atoms with Crippen LogP contribution in [0, 0.1) is 0 Å². The van der Waals surface area contributed by atoms with Crippen molar-refractivity contribution in [3.63, 3.8) is 0 Å². The van der Waals surface area contributed by atoms with Crippen LogP contribution >= 0.6 is 0 Å². The van der Waals surface area contributed by atoms with Crippen LogP contribution in [0.3, 0.4) is 0 Å². The van der Waals surface area contributed by atoms with Gasteiger partial charge in [0.05, 0.1) is 5.56 Å². The number of rotatable bonds is 2. The van der Waals surface area contributed by atoms with Crippen LogP contribution in [0.5, 0.6) is 0 Å². The lowest BCUT2D eigenvalue weighted by molar-refractivity contribution is 0.0980. The lowest BCUT2D eigenvalue weighted by Gasteiger charge is -2.37. The van der Waals surface area contributed by atoms with Crippen molar-refractivity contribution < 1.29 is 4.79 Å². The van der Waals surface area contributed by atoms with E-state index < -0.39 is 0 Å². The predicted octanol–water partition coefficient (Wildman–Crippen LogP) is 2.73. The molecular formula is C17H19N3O. The second kappa shape index (κ2) is 5.66. The summed E-state index contributed by atoms with van der Waals surface area (Å²) in [6, 6.07) is 12.1. The van der Waals surface area contributed by atoms with Gasteiger partial charge in [0.1, 0.15) is 0 Å². The van der Waals surface area contributed by atoms with Crippen LogP contribution in [0.15, 0.2) is 48.8 Å². The minimum Gasteiger partial charge on any atom is -0.308 e. The fourth-order valence-electron chi connectivity index (χ4n) is 2.93. The molecule has 0 radical (unpaired) electrons. The zero-order valence-electron chi connectivity index (χ0n) is 12.4. The smallest absolute Gasteiger partial charge is 0.259 e. The number of para-hydroxylation sites is 1. The number of anilines is 1. The quantitative estimate of drug-likeness (QED) is 0.849. The molecule has 1 aromatic carbocycles. The molecule has 4 nitrogen and oxygen atoms in total. The third-order valence-corrected chi connectivity index (χ3v) is 3.99. The predicted molar refractivity (Wildman–Crippen MR) is 83.4 cm³/mol. The summed E-state index contributed by atoms with van der Waals surface area (Å²) in [7, 11) is 4.17. The summed E-state index contributed by atoms with van der Waals surface area (Å²) >= 11 is 0. The Balaban J connectivity index is 1.98. The van der Waals surface area contributed by atoms with Gasteiger partial charge in [0.25, 0.3) is 5.91 Å². The van der Waals surface area contributed by atoms with Crippen molar-refractivity contribution >= 4 is 11.6 Å². The fourth-order valence-corrected chi connectivity index (χ4v) is 2.93. The second-order valence-corrected chi connectivity index (χ2v) is 5.53. The minimum absolute atomic E-state index is 0.0211. The molecule has 0 saturated heterocycles. The SMILES string of the molecule is CN(C)C1CCN(C(=O)c2cccnc2)c2ccccc21. The number of carbonyl (C=O) groups is 1. The molecule has 2 aromatic rings. The minimum atomic E-state index is 0.0211. The van der Waals surface area contributed by atoms with E-state index in [0.717, 1.165) is 18.7 Å². The van der Waals surface area contributed by atoms with E-state index in [1.807, 2.05) is 29.2 Å². The highest BCUT2D eigenvalue weighted by Crippen LogP contribution is 2.36. The van der Waals surface area contributed by atoms with E-state index in [-0.39, 0.29) is 5.91 Å². The maximum atomic E-state index is 12.7. The molecule has 1 aliphatic rings. The lowest BCUT2D eigenvalue weighted by atomic mass is 9.95. The van der Waals surface area contributed by atoms with Crippen molar-refractivity contribution in [1.29, 1.82) is 0 Å². The van der Waals surface area contributed by atoms with Gasteiger partial charge in [-0.1, -0.05) is 18.2 Å². The average Bonchev–Trinajstić information content (AvgIpc) is 2.54. The van der Waals surface area contributed by atoms with Crippen molar-refractivity contribution in [1.82, 2.24) is 9.88 Å². The Kier molecular flexibility index (Phi) is 3.71. The van der Waals surface area contributed by atoms with E-state index >= 15 is 0 Å². The molecule has 3 rings (SSSR count). The third kappa shape index (κ3) is 2.54. The Morgan fingerprint density at radius 3 is 2.76 bits per heavy atom. The van der Waals surface area contributed by atoms with E-state index in [9.17, 15) is 4.79 Å². The highest BCUT2D eigenvalue weighted by molar-refractivity contribution is 6.06. The second-order valence-electron chi connectivity index (χ2n) is 5.53. The fraction of sp³-hybridized carbons (Fsp3) is 0.294. The van der Waals surface area contributed by atoms with Gasteiger partial charge < -0.3 is 9.80 Å². The van der Waals surface area contributed by atoms with Gasteiger partial charge in [0.15, 0.2) is 0 Å². The monoisotopic (exact) mass is 281 g/mol. The van der Waals surface area contributed by atoms with Gasteiger partial charge in [0.2, 0.25) is 0 Å². The Hall–Kier alpha value is -2.20. The van der Waals surface area contributed by atoms with Crippen LogP contribution in [-0.2, 0) is 0 Å². The average molecular weight is 281 g/mol. The zero-order valence-corrected chi connectivity index (χ0v) is 12.4. The van der Waals surface area contributed by atoms with E-state index in [2.05, 4.69) is 30.0 Å². The van der Waals surface area contributed by atoms with Gasteiger partial charge in [0, 0.05) is 30.7 Å². The molecule has 0 N–H and O–H groups in total. The number of benzene rings is 1. The molecule has 0 aliphatic carbocycles. The third-order valence-electron chi connectivity index (χ3n) is 3.99. The van der Waals surface area contributed by atoms with Gasteiger partial charge >= 0.3 is 0 Å². The number of hydrogen-bond donors (Lipinski definition) is 0. The topological polar surface area (TPSA) is 36.4 Å². The molecule has 1 aliphatic heterocycles. The van der Waals surface area contributed by atoms with E-state index in [0.29, 0.717) is 11.6 Å². The first-order valence-corrected chi connectivity index (χ1v) is 7.15. The summed E-state index contributed by atoms with van der Waals surface area (Å²) in [4.78, 5) is 20.8. The number of pyridine rings is 1. The first-order chi connectivity index (χ1) is 10.2. The zero-order chi connectivity index (χ0) is 14.8. The van der Waals surface area contributed by atoms with Gasteiger partial charge in [-0.25, -0.2) is 0 Å². The number of fused-ring (bicyclic) bond motifs is 1. The summed E-state index contributed by atoms with van der Waals surface area (Å²) in [5.74, 6) is 0.0211. The Morgan fingerprint density at radius 1 is 1.24 bits per heavy atom. The van der Waals surface area contributed by atoms with Crippen LogP contribution < -0.4 is 4.90 Å². The molecule has 0 bridgehead atoms. The van der Waals surface area contributed by atoms with Crippen LogP contribution in [0.4, 0.5) is 5.69 Å². The molecular weight excluding hydrogens is 262 g/mol. The number of amides is 1. The summed E-state index contributed by atoms with van der Waals surface area (Å²) in [5, 5.41) is 0.